The number of benzene rings is 1. The maximum absolute atomic E-state index is 11.8. The first-order valence-electron chi connectivity index (χ1n) is 11.9. The van der Waals surface area contributed by atoms with E-state index in [-0.39, 0.29) is 5.92 Å². The largest absolute Gasteiger partial charge is 0.355 e. The van der Waals surface area contributed by atoms with Crippen molar-refractivity contribution < 1.29 is 9.59 Å². The van der Waals surface area contributed by atoms with E-state index in [1.165, 1.54) is 18.4 Å². The van der Waals surface area contributed by atoms with Crippen LogP contribution < -0.4 is 4.90 Å². The average Bonchev–Trinajstić information content (AvgIpc) is 3.22. The number of likely N-dealkylation sites (tertiary alicyclic amines) is 1. The molecule has 1 atom stereocenters. The summed E-state index contributed by atoms with van der Waals surface area (Å²) in [5, 5.41) is 2.10. The van der Waals surface area contributed by atoms with Gasteiger partial charge in [0.1, 0.15) is 12.1 Å². The second-order valence-corrected chi connectivity index (χ2v) is 9.72. The molecule has 32 heavy (non-hydrogen) atoms. The van der Waals surface area contributed by atoms with Crippen LogP contribution in [-0.4, -0.2) is 59.7 Å². The number of rotatable bonds is 5. The fraction of sp³-hybridized carbons (Fsp3) is 0.500. The monoisotopic (exact) mass is 432 g/mol. The number of piperidine rings is 2. The Morgan fingerprint density at radius 1 is 1.12 bits per heavy atom. The Labute approximate surface area is 189 Å². The van der Waals surface area contributed by atoms with Crippen LogP contribution in [0.2, 0.25) is 0 Å². The van der Waals surface area contributed by atoms with Crippen molar-refractivity contribution in [2.24, 2.45) is 5.92 Å². The highest BCUT2D eigenvalue weighted by atomic mass is 16.1. The summed E-state index contributed by atoms with van der Waals surface area (Å²) in [4.78, 5) is 36.1. The zero-order valence-electron chi connectivity index (χ0n) is 19.0. The zero-order chi connectivity index (χ0) is 22.2. The molecule has 1 N–H and O–H groups in total. The van der Waals surface area contributed by atoms with Crippen LogP contribution in [0, 0.1) is 5.92 Å². The van der Waals surface area contributed by atoms with Crippen LogP contribution >= 0.6 is 0 Å². The molecule has 6 heteroatoms. The van der Waals surface area contributed by atoms with Crippen molar-refractivity contribution in [1.29, 1.82) is 0 Å². The highest BCUT2D eigenvalue weighted by Gasteiger charge is 2.26. The predicted octanol–water partition coefficient (Wildman–Crippen LogP) is 4.53. The van der Waals surface area contributed by atoms with Gasteiger partial charge in [-0.3, -0.25) is 4.79 Å². The number of carbonyl (C=O) groups excluding carboxylic acids is 2. The number of hydrogen-bond acceptors (Lipinski definition) is 5. The lowest BCUT2D eigenvalue weighted by Crippen LogP contribution is -2.37. The second kappa shape index (κ2) is 8.66. The molecule has 1 unspecified atom stereocenters. The van der Waals surface area contributed by atoms with E-state index in [1.807, 2.05) is 0 Å². The number of anilines is 1. The zero-order valence-corrected chi connectivity index (χ0v) is 19.0. The maximum Gasteiger partial charge on any atom is 0.153 e. The van der Waals surface area contributed by atoms with Gasteiger partial charge in [-0.15, -0.1) is 0 Å². The van der Waals surface area contributed by atoms with Gasteiger partial charge < -0.3 is 19.6 Å². The Morgan fingerprint density at radius 2 is 1.94 bits per heavy atom. The predicted molar refractivity (Wildman–Crippen MR) is 129 cm³/mol. The lowest BCUT2D eigenvalue weighted by molar-refractivity contribution is -0.111. The molecule has 2 saturated heterocycles. The molecule has 0 aliphatic carbocycles. The number of hydrogen-bond donors (Lipinski definition) is 1. The number of aldehydes is 2. The fourth-order valence-electron chi connectivity index (χ4n) is 5.57. The average molecular weight is 433 g/mol. The van der Waals surface area contributed by atoms with Crippen molar-refractivity contribution in [3.8, 4) is 0 Å². The first-order chi connectivity index (χ1) is 15.6. The quantitative estimate of drug-likeness (QED) is 0.600. The van der Waals surface area contributed by atoms with Crippen LogP contribution in [-0.2, 0) is 4.79 Å². The van der Waals surface area contributed by atoms with Crippen molar-refractivity contribution >= 4 is 40.2 Å². The molecule has 0 spiro atoms. The van der Waals surface area contributed by atoms with E-state index < -0.39 is 0 Å². The number of fused-ring (bicyclic) bond motifs is 3. The van der Waals surface area contributed by atoms with E-state index in [2.05, 4.69) is 51.8 Å². The highest BCUT2D eigenvalue weighted by Crippen LogP contribution is 2.37. The lowest BCUT2D eigenvalue weighted by atomic mass is 9.88. The molecule has 6 nitrogen and oxygen atoms in total. The maximum atomic E-state index is 11.8. The Kier molecular flexibility index (Phi) is 5.72. The molecular weight excluding hydrogens is 400 g/mol. The molecule has 2 fully saturated rings. The van der Waals surface area contributed by atoms with Gasteiger partial charge in [-0.25, -0.2) is 4.98 Å². The van der Waals surface area contributed by atoms with Crippen molar-refractivity contribution in [3.05, 3.63) is 35.5 Å². The molecule has 0 saturated carbocycles. The van der Waals surface area contributed by atoms with E-state index in [0.717, 1.165) is 72.7 Å². The van der Waals surface area contributed by atoms with Gasteiger partial charge in [0.25, 0.3) is 0 Å². The summed E-state index contributed by atoms with van der Waals surface area (Å²) < 4.78 is 0. The smallest absolute Gasteiger partial charge is 0.153 e. The molecule has 2 aliphatic rings. The van der Waals surface area contributed by atoms with E-state index in [9.17, 15) is 9.59 Å². The number of carbonyl (C=O) groups is 2. The summed E-state index contributed by atoms with van der Waals surface area (Å²) in [6.45, 7) is 8.39. The summed E-state index contributed by atoms with van der Waals surface area (Å²) in [6, 6.07) is 7.33. The molecule has 0 amide bonds. The number of pyridine rings is 1. The Morgan fingerprint density at radius 3 is 2.66 bits per heavy atom. The van der Waals surface area contributed by atoms with Crippen molar-refractivity contribution in [2.75, 3.05) is 31.1 Å². The molecule has 5 rings (SSSR count). The molecule has 168 valence electrons. The molecule has 2 aliphatic heterocycles. The van der Waals surface area contributed by atoms with Gasteiger partial charge in [0.15, 0.2) is 6.29 Å². The summed E-state index contributed by atoms with van der Waals surface area (Å²) in [5.41, 5.74) is 3.86. The van der Waals surface area contributed by atoms with Crippen LogP contribution in [0.3, 0.4) is 0 Å². The van der Waals surface area contributed by atoms with Gasteiger partial charge in [0.05, 0.1) is 16.5 Å². The molecule has 1 aromatic carbocycles. The molecule has 4 heterocycles. The minimum atomic E-state index is 0.0415. The molecular formula is C26H32N4O2. The van der Waals surface area contributed by atoms with Crippen LogP contribution in [0.4, 0.5) is 5.82 Å². The van der Waals surface area contributed by atoms with Gasteiger partial charge in [-0.1, -0.05) is 12.1 Å². The Balaban J connectivity index is 1.54. The fourth-order valence-corrected chi connectivity index (χ4v) is 5.57. The minimum Gasteiger partial charge on any atom is -0.355 e. The van der Waals surface area contributed by atoms with Crippen molar-refractivity contribution in [1.82, 2.24) is 14.9 Å². The van der Waals surface area contributed by atoms with Crippen LogP contribution in [0.1, 0.15) is 61.4 Å². The normalized spacial score (nSPS) is 21.0. The third kappa shape index (κ3) is 3.71. The number of nitrogens with one attached hydrogen (secondary N) is 1. The van der Waals surface area contributed by atoms with Crippen molar-refractivity contribution in [3.63, 3.8) is 0 Å². The van der Waals surface area contributed by atoms with Crippen LogP contribution in [0.15, 0.2) is 24.4 Å². The SMILES string of the molecule is CC(C)N1CCC(c2ccc3c(c2)[nH]c2c(C=O)cnc(N4CCCC(C=O)C4)c23)CC1. The number of aromatic amines is 1. The number of nitrogens with zero attached hydrogens (tertiary/aromatic N) is 3. The van der Waals surface area contributed by atoms with E-state index in [1.54, 1.807) is 6.20 Å². The summed E-state index contributed by atoms with van der Waals surface area (Å²) in [6.07, 6.45) is 7.87. The Hall–Kier alpha value is -2.73. The summed E-state index contributed by atoms with van der Waals surface area (Å²) >= 11 is 0. The lowest BCUT2D eigenvalue weighted by Gasteiger charge is -2.34. The number of H-pyrrole nitrogens is 1. The summed E-state index contributed by atoms with van der Waals surface area (Å²) in [5.74, 6) is 1.49. The van der Waals surface area contributed by atoms with Gasteiger partial charge >= 0.3 is 0 Å². The third-order valence-electron chi connectivity index (χ3n) is 7.47. The van der Waals surface area contributed by atoms with Gasteiger partial charge in [0, 0.05) is 42.1 Å². The first kappa shape index (κ1) is 21.1. The van der Waals surface area contributed by atoms with Crippen molar-refractivity contribution in [2.45, 2.75) is 51.5 Å². The Bertz CT molecular complexity index is 1140. The molecule has 3 aromatic rings. The van der Waals surface area contributed by atoms with Crippen LogP contribution in [0.25, 0.3) is 21.8 Å². The van der Waals surface area contributed by atoms with E-state index in [4.69, 9.17) is 0 Å². The van der Waals surface area contributed by atoms with E-state index >= 15 is 0 Å². The standard InChI is InChI=1S/C26H32N4O2/c1-17(2)29-10-7-19(8-11-29)20-5-6-22-23(12-20)28-25-21(16-32)13-27-26(24(22)25)30-9-3-4-18(14-30)15-31/h5-6,12-13,15-19,28H,3-4,7-11,14H2,1-2H3. The molecule has 2 aromatic heterocycles. The van der Waals surface area contributed by atoms with Crippen LogP contribution in [0.5, 0.6) is 0 Å². The minimum absolute atomic E-state index is 0.0415. The molecule has 0 bridgehead atoms. The number of aromatic nitrogens is 2. The van der Waals surface area contributed by atoms with Gasteiger partial charge in [-0.05, 0) is 70.2 Å². The van der Waals surface area contributed by atoms with E-state index in [0.29, 0.717) is 24.1 Å². The first-order valence-corrected chi connectivity index (χ1v) is 11.9. The molecule has 0 radical (unpaired) electrons. The highest BCUT2D eigenvalue weighted by molar-refractivity contribution is 6.16. The topological polar surface area (TPSA) is 69.3 Å². The third-order valence-corrected chi connectivity index (χ3v) is 7.47. The van der Waals surface area contributed by atoms with Gasteiger partial charge in [-0.2, -0.15) is 0 Å². The van der Waals surface area contributed by atoms with Gasteiger partial charge in [0.2, 0.25) is 0 Å². The summed E-state index contributed by atoms with van der Waals surface area (Å²) in [7, 11) is 0. The second-order valence-electron chi connectivity index (χ2n) is 9.72.